The van der Waals surface area contributed by atoms with Crippen LogP contribution in [0.2, 0.25) is 0 Å². The van der Waals surface area contributed by atoms with Gasteiger partial charge in [-0.15, -0.1) is 0 Å². The minimum Gasteiger partial charge on any atom is -0.192 e. The van der Waals surface area contributed by atoms with Gasteiger partial charge in [0.15, 0.2) is 0 Å². The fourth-order valence-electron chi connectivity index (χ4n) is 1.81. The van der Waals surface area contributed by atoms with Crippen molar-refractivity contribution < 1.29 is 0 Å². The average molecular weight is 207 g/mol. The third kappa shape index (κ3) is 2.49. The van der Waals surface area contributed by atoms with Gasteiger partial charge < -0.3 is 0 Å². The quantitative estimate of drug-likeness (QED) is 0.739. The van der Waals surface area contributed by atoms with Gasteiger partial charge in [0.25, 0.3) is 0 Å². The first-order chi connectivity index (χ1) is 7.78. The summed E-state index contributed by atoms with van der Waals surface area (Å²) in [5, 5.41) is 8.82. The second kappa shape index (κ2) is 4.63. The van der Waals surface area contributed by atoms with Gasteiger partial charge in [0, 0.05) is 0 Å². The van der Waals surface area contributed by atoms with Crippen LogP contribution in [-0.4, -0.2) is 0 Å². The number of nitrogens with zero attached hydrogens (tertiary/aromatic N) is 1. The minimum atomic E-state index is 0.727. The van der Waals surface area contributed by atoms with Crippen LogP contribution in [0, 0.1) is 18.3 Å². The Morgan fingerprint density at radius 1 is 1.00 bits per heavy atom. The molecule has 2 aromatic rings. The molecule has 0 aromatic heterocycles. The Labute approximate surface area is 96.0 Å². The van der Waals surface area contributed by atoms with Crippen molar-refractivity contribution in [1.29, 1.82) is 5.26 Å². The molecular formula is C15H13N. The Kier molecular flexibility index (Phi) is 3.03. The van der Waals surface area contributed by atoms with Gasteiger partial charge in [-0.3, -0.25) is 0 Å². The summed E-state index contributed by atoms with van der Waals surface area (Å²) in [7, 11) is 0. The normalized spacial score (nSPS) is 9.75. The van der Waals surface area contributed by atoms with Crippen LogP contribution in [-0.2, 0) is 6.42 Å². The smallest absolute Gasteiger partial charge is 0.0991 e. The fourth-order valence-corrected chi connectivity index (χ4v) is 1.81. The second-order valence-corrected chi connectivity index (χ2v) is 3.98. The highest BCUT2D eigenvalue weighted by Gasteiger charge is 1.98. The highest BCUT2D eigenvalue weighted by molar-refractivity contribution is 5.36. The van der Waals surface area contributed by atoms with Crippen molar-refractivity contribution in [3.8, 4) is 6.07 Å². The molecule has 2 aromatic carbocycles. The predicted octanol–water partition coefficient (Wildman–Crippen LogP) is 3.46. The Morgan fingerprint density at radius 3 is 2.38 bits per heavy atom. The van der Waals surface area contributed by atoms with Crippen LogP contribution >= 0.6 is 0 Å². The molecule has 0 bridgehead atoms. The van der Waals surface area contributed by atoms with Crippen molar-refractivity contribution in [3.05, 3.63) is 70.8 Å². The van der Waals surface area contributed by atoms with Gasteiger partial charge in [0.1, 0.15) is 0 Å². The summed E-state index contributed by atoms with van der Waals surface area (Å²) in [6.07, 6.45) is 0.886. The molecule has 0 fully saturated rings. The first kappa shape index (κ1) is 10.4. The maximum Gasteiger partial charge on any atom is 0.0991 e. The van der Waals surface area contributed by atoms with Gasteiger partial charge in [0.2, 0.25) is 0 Å². The first-order valence-electron chi connectivity index (χ1n) is 5.32. The molecule has 1 nitrogen and oxygen atoms in total. The van der Waals surface area contributed by atoms with Crippen molar-refractivity contribution in [3.63, 3.8) is 0 Å². The zero-order valence-electron chi connectivity index (χ0n) is 9.27. The Morgan fingerprint density at radius 2 is 1.69 bits per heavy atom. The maximum absolute atomic E-state index is 8.82. The summed E-state index contributed by atoms with van der Waals surface area (Å²) < 4.78 is 0. The van der Waals surface area contributed by atoms with Crippen molar-refractivity contribution in [2.75, 3.05) is 0 Å². The predicted molar refractivity (Wildman–Crippen MR) is 65.1 cm³/mol. The summed E-state index contributed by atoms with van der Waals surface area (Å²) >= 11 is 0. The van der Waals surface area contributed by atoms with Gasteiger partial charge >= 0.3 is 0 Å². The molecule has 2 rings (SSSR count). The number of nitriles is 1. The van der Waals surface area contributed by atoms with Crippen molar-refractivity contribution in [2.24, 2.45) is 0 Å². The minimum absolute atomic E-state index is 0.727. The van der Waals surface area contributed by atoms with Crippen molar-refractivity contribution in [1.82, 2.24) is 0 Å². The van der Waals surface area contributed by atoms with E-state index in [-0.39, 0.29) is 0 Å². The summed E-state index contributed by atoms with van der Waals surface area (Å²) in [6.45, 7) is 2.09. The summed E-state index contributed by atoms with van der Waals surface area (Å²) in [4.78, 5) is 0. The topological polar surface area (TPSA) is 23.8 Å². The van der Waals surface area contributed by atoms with E-state index < -0.39 is 0 Å². The third-order valence-electron chi connectivity index (χ3n) is 2.55. The first-order valence-corrected chi connectivity index (χ1v) is 5.32. The highest BCUT2D eigenvalue weighted by atomic mass is 14.2. The van der Waals surface area contributed by atoms with Crippen LogP contribution in [0.25, 0.3) is 0 Å². The largest absolute Gasteiger partial charge is 0.192 e. The molecule has 78 valence electrons. The standard InChI is InChI=1S/C15H13N/c1-12-4-2-5-13(8-12)9-14-6-3-7-15(10-14)11-16/h2-8,10H,9H2,1H3. The van der Waals surface area contributed by atoms with E-state index >= 15 is 0 Å². The molecule has 0 aliphatic heterocycles. The van der Waals surface area contributed by atoms with Gasteiger partial charge in [0.05, 0.1) is 11.6 Å². The van der Waals surface area contributed by atoms with Crippen LogP contribution in [0.15, 0.2) is 48.5 Å². The van der Waals surface area contributed by atoms with E-state index in [1.54, 1.807) is 0 Å². The number of hydrogen-bond donors (Lipinski definition) is 0. The molecule has 0 N–H and O–H groups in total. The van der Waals surface area contributed by atoms with Gasteiger partial charge in [-0.2, -0.15) is 5.26 Å². The van der Waals surface area contributed by atoms with E-state index in [0.717, 1.165) is 12.0 Å². The molecule has 0 heterocycles. The lowest BCUT2D eigenvalue weighted by molar-refractivity contribution is 1.18. The van der Waals surface area contributed by atoms with E-state index in [1.807, 2.05) is 18.2 Å². The molecule has 0 amide bonds. The zero-order chi connectivity index (χ0) is 11.4. The summed E-state index contributed by atoms with van der Waals surface area (Å²) in [5.41, 5.74) is 4.47. The summed E-state index contributed by atoms with van der Waals surface area (Å²) in [5.74, 6) is 0. The van der Waals surface area contributed by atoms with Crippen LogP contribution in [0.1, 0.15) is 22.3 Å². The Balaban J connectivity index is 2.24. The number of rotatable bonds is 2. The van der Waals surface area contributed by atoms with E-state index in [2.05, 4.69) is 43.3 Å². The van der Waals surface area contributed by atoms with Crippen molar-refractivity contribution >= 4 is 0 Å². The van der Waals surface area contributed by atoms with Gasteiger partial charge in [-0.25, -0.2) is 0 Å². The maximum atomic E-state index is 8.82. The molecule has 0 unspecified atom stereocenters. The van der Waals surface area contributed by atoms with E-state index in [0.29, 0.717) is 0 Å². The number of hydrogen-bond acceptors (Lipinski definition) is 1. The van der Waals surface area contributed by atoms with Gasteiger partial charge in [-0.1, -0.05) is 42.0 Å². The molecule has 16 heavy (non-hydrogen) atoms. The van der Waals surface area contributed by atoms with E-state index in [1.165, 1.54) is 16.7 Å². The molecule has 0 atom stereocenters. The molecule has 0 aliphatic carbocycles. The third-order valence-corrected chi connectivity index (χ3v) is 2.55. The van der Waals surface area contributed by atoms with Gasteiger partial charge in [-0.05, 0) is 36.6 Å². The average Bonchev–Trinajstić information content (AvgIpc) is 2.29. The molecule has 1 heteroatoms. The van der Waals surface area contributed by atoms with Crippen LogP contribution in [0.3, 0.4) is 0 Å². The lowest BCUT2D eigenvalue weighted by Gasteiger charge is -2.03. The molecule has 0 spiro atoms. The summed E-state index contributed by atoms with van der Waals surface area (Å²) in [6, 6.07) is 18.4. The molecule has 0 radical (unpaired) electrons. The molecular weight excluding hydrogens is 194 g/mol. The van der Waals surface area contributed by atoms with Crippen LogP contribution < -0.4 is 0 Å². The van der Waals surface area contributed by atoms with E-state index in [4.69, 9.17) is 5.26 Å². The molecule has 0 aliphatic rings. The fraction of sp³-hybridized carbons (Fsp3) is 0.133. The zero-order valence-corrected chi connectivity index (χ0v) is 9.27. The van der Waals surface area contributed by atoms with E-state index in [9.17, 15) is 0 Å². The SMILES string of the molecule is Cc1cccc(Cc2cccc(C#N)c2)c1. The molecule has 0 saturated carbocycles. The van der Waals surface area contributed by atoms with Crippen molar-refractivity contribution in [2.45, 2.75) is 13.3 Å². The molecule has 0 saturated heterocycles. The number of benzene rings is 2. The number of aryl methyl sites for hydroxylation is 1. The highest BCUT2D eigenvalue weighted by Crippen LogP contribution is 2.12. The lowest BCUT2D eigenvalue weighted by atomic mass is 10.0. The second-order valence-electron chi connectivity index (χ2n) is 3.98. The Bertz CT molecular complexity index is 535. The van der Waals surface area contributed by atoms with Crippen LogP contribution in [0.5, 0.6) is 0 Å². The monoisotopic (exact) mass is 207 g/mol. The Hall–Kier alpha value is -2.07. The lowest BCUT2D eigenvalue weighted by Crippen LogP contribution is -1.89. The van der Waals surface area contributed by atoms with Crippen LogP contribution in [0.4, 0.5) is 0 Å².